The lowest BCUT2D eigenvalue weighted by atomic mass is 10.2. The summed E-state index contributed by atoms with van der Waals surface area (Å²) in [5, 5.41) is 19.0. The number of benzene rings is 1. The maximum Gasteiger partial charge on any atom is 0.197 e. The molecule has 22 heavy (non-hydrogen) atoms. The van der Waals surface area contributed by atoms with E-state index in [2.05, 4.69) is 22.1 Å². The molecule has 0 N–H and O–H groups in total. The minimum Gasteiger partial charge on any atom is -0.302 e. The van der Waals surface area contributed by atoms with Gasteiger partial charge in [0.2, 0.25) is 0 Å². The summed E-state index contributed by atoms with van der Waals surface area (Å²) < 4.78 is 2.04. The summed E-state index contributed by atoms with van der Waals surface area (Å²) in [4.78, 5) is 4.26. The number of rotatable bonds is 4. The lowest BCUT2D eigenvalue weighted by Crippen LogP contribution is -1.99. The Labute approximate surface area is 132 Å². The van der Waals surface area contributed by atoms with Gasteiger partial charge in [-0.25, -0.2) is 4.98 Å². The first-order valence-electron chi connectivity index (χ1n) is 6.85. The Morgan fingerprint density at radius 3 is 2.64 bits per heavy atom. The Balaban J connectivity index is 1.95. The molecule has 0 radical (unpaired) electrons. The highest BCUT2D eigenvalue weighted by molar-refractivity contribution is 7.99. The van der Waals surface area contributed by atoms with Crippen molar-refractivity contribution < 1.29 is 0 Å². The molecular weight excluding hydrogens is 294 g/mol. The van der Waals surface area contributed by atoms with E-state index in [0.29, 0.717) is 5.69 Å². The largest absolute Gasteiger partial charge is 0.302 e. The summed E-state index contributed by atoms with van der Waals surface area (Å²) in [6.07, 6.45) is 0. The molecule has 0 aliphatic rings. The number of hydrogen-bond acceptors (Lipinski definition) is 5. The van der Waals surface area contributed by atoms with Crippen LogP contribution in [0.3, 0.4) is 0 Å². The smallest absolute Gasteiger partial charge is 0.197 e. The summed E-state index contributed by atoms with van der Waals surface area (Å²) in [7, 11) is 0. The lowest BCUT2D eigenvalue weighted by Gasteiger charge is -2.06. The molecule has 5 nitrogen and oxygen atoms in total. The molecule has 0 fully saturated rings. The molecule has 3 rings (SSSR count). The van der Waals surface area contributed by atoms with Crippen molar-refractivity contribution in [1.29, 1.82) is 5.26 Å². The van der Waals surface area contributed by atoms with E-state index >= 15 is 0 Å². The first kappa shape index (κ1) is 14.3. The van der Waals surface area contributed by atoms with Gasteiger partial charge in [0, 0.05) is 12.1 Å². The fourth-order valence-electron chi connectivity index (χ4n) is 2.08. The highest BCUT2D eigenvalue weighted by Crippen LogP contribution is 2.28. The van der Waals surface area contributed by atoms with Crippen molar-refractivity contribution in [2.24, 2.45) is 0 Å². The number of hydrogen-bond donors (Lipinski definition) is 0. The molecule has 6 heteroatoms. The predicted octanol–water partition coefficient (Wildman–Crippen LogP) is 3.38. The van der Waals surface area contributed by atoms with Gasteiger partial charge >= 0.3 is 0 Å². The Bertz CT molecular complexity index is 820. The number of pyridine rings is 1. The van der Waals surface area contributed by atoms with E-state index in [9.17, 15) is 0 Å². The van der Waals surface area contributed by atoms with Crippen molar-refractivity contribution in [3.05, 3.63) is 54.2 Å². The first-order valence-corrected chi connectivity index (χ1v) is 7.67. The molecule has 2 heterocycles. The maximum atomic E-state index is 8.93. The SMILES string of the molecule is CCn1c(Sc2cccc(C#N)n2)nnc1-c1ccccc1. The third kappa shape index (κ3) is 2.85. The van der Waals surface area contributed by atoms with Crippen molar-refractivity contribution >= 4 is 11.8 Å². The molecule has 2 aromatic heterocycles. The van der Waals surface area contributed by atoms with Gasteiger partial charge in [-0.1, -0.05) is 36.4 Å². The minimum atomic E-state index is 0.399. The van der Waals surface area contributed by atoms with Gasteiger partial charge in [-0.05, 0) is 30.8 Å². The molecule has 0 aliphatic heterocycles. The van der Waals surface area contributed by atoms with E-state index in [0.717, 1.165) is 28.1 Å². The molecule has 108 valence electrons. The van der Waals surface area contributed by atoms with Gasteiger partial charge in [-0.3, -0.25) is 0 Å². The summed E-state index contributed by atoms with van der Waals surface area (Å²) in [6.45, 7) is 2.82. The van der Waals surface area contributed by atoms with Crippen LogP contribution in [-0.4, -0.2) is 19.7 Å². The summed E-state index contributed by atoms with van der Waals surface area (Å²) in [5.41, 5.74) is 1.43. The average molecular weight is 307 g/mol. The van der Waals surface area contributed by atoms with Crippen molar-refractivity contribution in [2.45, 2.75) is 23.7 Å². The van der Waals surface area contributed by atoms with Crippen LogP contribution in [0.1, 0.15) is 12.6 Å². The zero-order valence-corrected chi connectivity index (χ0v) is 12.8. The summed E-state index contributed by atoms with van der Waals surface area (Å²) >= 11 is 1.41. The Kier molecular flexibility index (Phi) is 4.17. The fourth-order valence-corrected chi connectivity index (χ4v) is 2.96. The monoisotopic (exact) mass is 307 g/mol. The number of aromatic nitrogens is 4. The third-order valence-corrected chi connectivity index (χ3v) is 4.02. The van der Waals surface area contributed by atoms with E-state index in [-0.39, 0.29) is 0 Å². The molecule has 0 aliphatic carbocycles. The van der Waals surface area contributed by atoms with Gasteiger partial charge in [0.1, 0.15) is 16.8 Å². The van der Waals surface area contributed by atoms with E-state index in [1.54, 1.807) is 6.07 Å². The van der Waals surface area contributed by atoms with Crippen LogP contribution in [-0.2, 0) is 6.54 Å². The topological polar surface area (TPSA) is 67.4 Å². The Morgan fingerprint density at radius 1 is 1.09 bits per heavy atom. The van der Waals surface area contributed by atoms with Crippen LogP contribution in [0.4, 0.5) is 0 Å². The first-order chi connectivity index (χ1) is 10.8. The average Bonchev–Trinajstić information content (AvgIpc) is 2.98. The van der Waals surface area contributed by atoms with Gasteiger partial charge < -0.3 is 4.57 Å². The van der Waals surface area contributed by atoms with E-state index in [1.165, 1.54) is 11.8 Å². The highest BCUT2D eigenvalue weighted by Gasteiger charge is 2.14. The molecule has 0 unspecified atom stereocenters. The van der Waals surface area contributed by atoms with Crippen molar-refractivity contribution in [1.82, 2.24) is 19.7 Å². The molecule has 0 spiro atoms. The van der Waals surface area contributed by atoms with Crippen LogP contribution in [0, 0.1) is 11.3 Å². The normalized spacial score (nSPS) is 10.4. The zero-order chi connectivity index (χ0) is 15.4. The second kappa shape index (κ2) is 6.41. The van der Waals surface area contributed by atoms with Gasteiger partial charge in [0.05, 0.1) is 0 Å². The summed E-state index contributed by atoms with van der Waals surface area (Å²) in [6, 6.07) is 17.4. The van der Waals surface area contributed by atoms with Crippen LogP contribution in [0.25, 0.3) is 11.4 Å². The van der Waals surface area contributed by atoms with E-state index < -0.39 is 0 Å². The zero-order valence-electron chi connectivity index (χ0n) is 12.0. The molecule has 0 atom stereocenters. The second-order valence-electron chi connectivity index (χ2n) is 4.49. The molecule has 0 saturated carbocycles. The van der Waals surface area contributed by atoms with Crippen molar-refractivity contribution in [3.8, 4) is 17.5 Å². The van der Waals surface area contributed by atoms with Crippen LogP contribution >= 0.6 is 11.8 Å². The Morgan fingerprint density at radius 2 is 1.91 bits per heavy atom. The van der Waals surface area contributed by atoms with Gasteiger partial charge in [0.15, 0.2) is 11.0 Å². The van der Waals surface area contributed by atoms with Crippen molar-refractivity contribution in [2.75, 3.05) is 0 Å². The molecule has 1 aromatic carbocycles. The summed E-state index contributed by atoms with van der Waals surface area (Å²) in [5.74, 6) is 0.835. The number of nitrogens with zero attached hydrogens (tertiary/aromatic N) is 5. The molecule has 0 saturated heterocycles. The third-order valence-electron chi connectivity index (χ3n) is 3.10. The van der Waals surface area contributed by atoms with Crippen molar-refractivity contribution in [3.63, 3.8) is 0 Å². The highest BCUT2D eigenvalue weighted by atomic mass is 32.2. The molecule has 0 bridgehead atoms. The van der Waals surface area contributed by atoms with Crippen LogP contribution < -0.4 is 0 Å². The molecule has 3 aromatic rings. The van der Waals surface area contributed by atoms with E-state index in [1.807, 2.05) is 53.1 Å². The molecular formula is C16H13N5S. The van der Waals surface area contributed by atoms with E-state index in [4.69, 9.17) is 5.26 Å². The standard InChI is InChI=1S/C16H13N5S/c1-2-21-15(12-7-4-3-5-8-12)19-20-16(21)22-14-10-6-9-13(11-17)18-14/h3-10H,2H2,1H3. The lowest BCUT2D eigenvalue weighted by molar-refractivity contribution is 0.686. The second-order valence-corrected chi connectivity index (χ2v) is 5.48. The number of nitriles is 1. The van der Waals surface area contributed by atoms with Crippen LogP contribution in [0.15, 0.2) is 58.7 Å². The molecule has 0 amide bonds. The van der Waals surface area contributed by atoms with Crippen LogP contribution in [0.5, 0.6) is 0 Å². The van der Waals surface area contributed by atoms with Gasteiger partial charge in [0.25, 0.3) is 0 Å². The van der Waals surface area contributed by atoms with Gasteiger partial charge in [-0.2, -0.15) is 5.26 Å². The fraction of sp³-hybridized carbons (Fsp3) is 0.125. The quantitative estimate of drug-likeness (QED) is 0.739. The Hall–Kier alpha value is -2.65. The van der Waals surface area contributed by atoms with Crippen LogP contribution in [0.2, 0.25) is 0 Å². The predicted molar refractivity (Wildman–Crippen MR) is 84.2 cm³/mol. The minimum absolute atomic E-state index is 0.399. The van der Waals surface area contributed by atoms with Gasteiger partial charge in [-0.15, -0.1) is 10.2 Å². The maximum absolute atomic E-state index is 8.93.